The Balaban J connectivity index is 1.72. The van der Waals surface area contributed by atoms with Crippen molar-refractivity contribution in [2.24, 2.45) is 7.05 Å². The largest absolute Gasteiger partial charge is 0.484 e. The molecule has 1 fully saturated rings. The molecule has 1 aromatic carbocycles. The van der Waals surface area contributed by atoms with Crippen molar-refractivity contribution < 1.29 is 9.53 Å². The van der Waals surface area contributed by atoms with Crippen LogP contribution in [0.1, 0.15) is 30.1 Å². The van der Waals surface area contributed by atoms with E-state index in [2.05, 4.69) is 5.10 Å². The Morgan fingerprint density at radius 3 is 2.78 bits per heavy atom. The van der Waals surface area contributed by atoms with Crippen LogP contribution in [0.5, 0.6) is 5.75 Å². The highest BCUT2D eigenvalue weighted by Crippen LogP contribution is 2.37. The molecule has 0 saturated carbocycles. The van der Waals surface area contributed by atoms with Crippen LogP contribution in [0.4, 0.5) is 0 Å². The van der Waals surface area contributed by atoms with E-state index in [0.717, 1.165) is 30.6 Å². The van der Waals surface area contributed by atoms with Gasteiger partial charge in [0.15, 0.2) is 6.61 Å². The van der Waals surface area contributed by atoms with Gasteiger partial charge in [-0.2, -0.15) is 5.10 Å². The number of halogens is 1. The number of hydrogen-bond donors (Lipinski definition) is 0. The summed E-state index contributed by atoms with van der Waals surface area (Å²) in [5, 5.41) is 4.97. The molecule has 1 aliphatic rings. The second kappa shape index (κ2) is 6.62. The van der Waals surface area contributed by atoms with Gasteiger partial charge in [0, 0.05) is 19.2 Å². The summed E-state index contributed by atoms with van der Waals surface area (Å²) < 4.78 is 7.25. The Hall–Kier alpha value is -2.01. The number of carbonyl (C=O) groups is 1. The number of aromatic nitrogens is 2. The third kappa shape index (κ3) is 3.20. The predicted molar refractivity (Wildman–Crippen MR) is 88.6 cm³/mol. The van der Waals surface area contributed by atoms with Crippen molar-refractivity contribution in [1.82, 2.24) is 14.7 Å². The molecule has 3 rings (SSSR count). The summed E-state index contributed by atoms with van der Waals surface area (Å²) >= 11 is 6.37. The number of likely N-dealkylation sites (tertiary alicyclic amines) is 1. The fourth-order valence-corrected chi connectivity index (χ4v) is 3.44. The van der Waals surface area contributed by atoms with Crippen molar-refractivity contribution in [2.45, 2.75) is 25.8 Å². The number of rotatable bonds is 4. The topological polar surface area (TPSA) is 47.4 Å². The third-order valence-electron chi connectivity index (χ3n) is 4.21. The number of hydrogen-bond acceptors (Lipinski definition) is 3. The van der Waals surface area contributed by atoms with Crippen molar-refractivity contribution in [1.29, 1.82) is 0 Å². The molecule has 0 radical (unpaired) electrons. The molecule has 0 aliphatic carbocycles. The first-order valence-corrected chi connectivity index (χ1v) is 8.12. The second-order valence-electron chi connectivity index (χ2n) is 5.76. The van der Waals surface area contributed by atoms with Gasteiger partial charge in [0.05, 0.1) is 11.7 Å². The first kappa shape index (κ1) is 15.9. The summed E-state index contributed by atoms with van der Waals surface area (Å²) in [7, 11) is 1.82. The van der Waals surface area contributed by atoms with Crippen LogP contribution in [0.25, 0.3) is 0 Å². The minimum Gasteiger partial charge on any atom is -0.484 e. The van der Waals surface area contributed by atoms with Crippen molar-refractivity contribution in [3.63, 3.8) is 0 Å². The lowest BCUT2D eigenvalue weighted by molar-refractivity contribution is -0.134. The molecule has 122 valence electrons. The van der Waals surface area contributed by atoms with Crippen LogP contribution in [0.3, 0.4) is 0 Å². The molecular formula is C17H20ClN3O2. The number of para-hydroxylation sites is 1. The maximum atomic E-state index is 12.6. The molecule has 1 aromatic heterocycles. The molecule has 1 atom stereocenters. The van der Waals surface area contributed by atoms with E-state index in [1.165, 1.54) is 0 Å². The average Bonchev–Trinajstić information content (AvgIpc) is 3.11. The van der Waals surface area contributed by atoms with Crippen LogP contribution in [0, 0.1) is 6.92 Å². The van der Waals surface area contributed by atoms with E-state index in [-0.39, 0.29) is 18.6 Å². The lowest BCUT2D eigenvalue weighted by atomic mass is 10.1. The zero-order chi connectivity index (χ0) is 16.4. The molecule has 5 nitrogen and oxygen atoms in total. The molecular weight excluding hydrogens is 314 g/mol. The van der Waals surface area contributed by atoms with Gasteiger partial charge in [-0.15, -0.1) is 0 Å². The Bertz CT molecular complexity index is 699. The minimum absolute atomic E-state index is 0.0110. The van der Waals surface area contributed by atoms with E-state index in [1.807, 2.05) is 49.2 Å². The molecule has 6 heteroatoms. The van der Waals surface area contributed by atoms with Crippen molar-refractivity contribution in [2.75, 3.05) is 13.2 Å². The smallest absolute Gasteiger partial charge is 0.261 e. The van der Waals surface area contributed by atoms with Gasteiger partial charge in [0.1, 0.15) is 10.9 Å². The van der Waals surface area contributed by atoms with E-state index < -0.39 is 0 Å². The third-order valence-corrected chi connectivity index (χ3v) is 4.66. The SMILES string of the molecule is Cc1nn(C)c(Cl)c1[C@@H]1CCCN1C(=O)COc1ccccc1. The van der Waals surface area contributed by atoms with Crippen LogP contribution in [0.15, 0.2) is 30.3 Å². The van der Waals surface area contributed by atoms with Gasteiger partial charge >= 0.3 is 0 Å². The van der Waals surface area contributed by atoms with Gasteiger partial charge in [0.2, 0.25) is 0 Å². The van der Waals surface area contributed by atoms with Gasteiger partial charge < -0.3 is 9.64 Å². The van der Waals surface area contributed by atoms with Crippen LogP contribution in [-0.2, 0) is 11.8 Å². The van der Waals surface area contributed by atoms with Gasteiger partial charge in [-0.25, -0.2) is 0 Å². The van der Waals surface area contributed by atoms with E-state index in [4.69, 9.17) is 16.3 Å². The number of carbonyl (C=O) groups excluding carboxylic acids is 1. The Morgan fingerprint density at radius 1 is 1.39 bits per heavy atom. The first-order chi connectivity index (χ1) is 11.1. The highest BCUT2D eigenvalue weighted by atomic mass is 35.5. The highest BCUT2D eigenvalue weighted by Gasteiger charge is 2.34. The molecule has 0 N–H and O–H groups in total. The average molecular weight is 334 g/mol. The molecule has 0 unspecified atom stereocenters. The summed E-state index contributed by atoms with van der Waals surface area (Å²) in [6.07, 6.45) is 1.87. The molecule has 0 bridgehead atoms. The summed E-state index contributed by atoms with van der Waals surface area (Å²) in [6.45, 7) is 2.70. The van der Waals surface area contributed by atoms with Crippen LogP contribution in [0.2, 0.25) is 5.15 Å². The molecule has 1 saturated heterocycles. The zero-order valence-electron chi connectivity index (χ0n) is 13.3. The molecule has 1 aliphatic heterocycles. The van der Waals surface area contributed by atoms with Crippen molar-refractivity contribution in [3.8, 4) is 5.75 Å². The van der Waals surface area contributed by atoms with Gasteiger partial charge in [0.25, 0.3) is 5.91 Å². The summed E-state index contributed by atoms with van der Waals surface area (Å²) in [5.74, 6) is 0.683. The standard InChI is InChI=1S/C17H20ClN3O2/c1-12-16(17(18)20(2)19-12)14-9-6-10-21(14)15(22)11-23-13-7-4-3-5-8-13/h3-5,7-8,14H,6,9-11H2,1-2H3/t14-/m0/s1. The number of benzene rings is 1. The summed E-state index contributed by atoms with van der Waals surface area (Å²) in [4.78, 5) is 14.4. The van der Waals surface area contributed by atoms with E-state index in [0.29, 0.717) is 10.9 Å². The summed E-state index contributed by atoms with van der Waals surface area (Å²) in [5.41, 5.74) is 1.84. The van der Waals surface area contributed by atoms with Crippen LogP contribution in [-0.4, -0.2) is 33.7 Å². The number of amides is 1. The fraction of sp³-hybridized carbons (Fsp3) is 0.412. The Kier molecular flexibility index (Phi) is 4.57. The second-order valence-corrected chi connectivity index (χ2v) is 6.12. The van der Waals surface area contributed by atoms with Gasteiger partial charge in [-0.3, -0.25) is 9.48 Å². The molecule has 2 aromatic rings. The maximum absolute atomic E-state index is 12.6. The number of aryl methyl sites for hydroxylation is 2. The molecule has 0 spiro atoms. The predicted octanol–water partition coefficient (Wildman–Crippen LogP) is 3.12. The van der Waals surface area contributed by atoms with E-state index in [1.54, 1.807) is 4.68 Å². The minimum atomic E-state index is -0.0179. The fourth-order valence-electron chi connectivity index (χ4n) is 3.14. The normalized spacial score (nSPS) is 17.5. The quantitative estimate of drug-likeness (QED) is 0.863. The lowest BCUT2D eigenvalue weighted by Crippen LogP contribution is -2.34. The Morgan fingerprint density at radius 2 is 2.13 bits per heavy atom. The highest BCUT2D eigenvalue weighted by molar-refractivity contribution is 6.30. The number of nitrogens with zero attached hydrogens (tertiary/aromatic N) is 3. The monoisotopic (exact) mass is 333 g/mol. The molecule has 2 heterocycles. The number of ether oxygens (including phenoxy) is 1. The Labute approximate surface area is 140 Å². The van der Waals surface area contributed by atoms with Gasteiger partial charge in [-0.05, 0) is 31.9 Å². The van der Waals surface area contributed by atoms with Crippen LogP contribution >= 0.6 is 11.6 Å². The van der Waals surface area contributed by atoms with Crippen LogP contribution < -0.4 is 4.74 Å². The lowest BCUT2D eigenvalue weighted by Gasteiger charge is -2.25. The maximum Gasteiger partial charge on any atom is 0.261 e. The molecule has 1 amide bonds. The van der Waals surface area contributed by atoms with Gasteiger partial charge in [-0.1, -0.05) is 29.8 Å². The molecule has 23 heavy (non-hydrogen) atoms. The van der Waals surface area contributed by atoms with Crippen molar-refractivity contribution in [3.05, 3.63) is 46.7 Å². The zero-order valence-corrected chi connectivity index (χ0v) is 14.1. The summed E-state index contributed by atoms with van der Waals surface area (Å²) in [6, 6.07) is 9.36. The first-order valence-electron chi connectivity index (χ1n) is 7.74. The van der Waals surface area contributed by atoms with Crippen molar-refractivity contribution >= 4 is 17.5 Å². The van der Waals surface area contributed by atoms with E-state index >= 15 is 0 Å². The van der Waals surface area contributed by atoms with E-state index in [9.17, 15) is 4.79 Å².